The predicted molar refractivity (Wildman–Crippen MR) is 79.9 cm³/mol. The molecule has 5 heteroatoms. The van der Waals surface area contributed by atoms with Crippen molar-refractivity contribution in [2.24, 2.45) is 0 Å². The van der Waals surface area contributed by atoms with Gasteiger partial charge in [-0.05, 0) is 49.6 Å². The van der Waals surface area contributed by atoms with Crippen molar-refractivity contribution in [3.05, 3.63) is 42.2 Å². The van der Waals surface area contributed by atoms with Crippen LogP contribution in [0.15, 0.2) is 36.7 Å². The first-order valence-electron chi connectivity index (χ1n) is 7.03. The van der Waals surface area contributed by atoms with Crippen molar-refractivity contribution in [2.75, 3.05) is 23.3 Å². The van der Waals surface area contributed by atoms with Gasteiger partial charge >= 0.3 is 0 Å². The summed E-state index contributed by atoms with van der Waals surface area (Å²) in [5.74, 6) is 1.95. The minimum absolute atomic E-state index is 0.484. The highest BCUT2D eigenvalue weighted by Gasteiger charge is 2.20. The first-order chi connectivity index (χ1) is 9.81. The Morgan fingerprint density at radius 2 is 2.05 bits per heavy atom. The summed E-state index contributed by atoms with van der Waals surface area (Å²) in [5, 5.41) is 11.6. The average Bonchev–Trinajstić information content (AvgIpc) is 2.49. The molecule has 0 amide bonds. The fourth-order valence-corrected chi connectivity index (χ4v) is 2.54. The molecule has 0 bridgehead atoms. The normalized spacial score (nSPS) is 16.1. The first kappa shape index (κ1) is 12.8. The number of rotatable bonds is 3. The Labute approximate surface area is 119 Å². The number of anilines is 2. The van der Waals surface area contributed by atoms with Gasteiger partial charge in [0.1, 0.15) is 5.82 Å². The molecule has 1 aliphatic rings. The third-order valence-corrected chi connectivity index (χ3v) is 3.64. The third-order valence-electron chi connectivity index (χ3n) is 3.64. The maximum Gasteiger partial charge on any atom is 0.151 e. The van der Waals surface area contributed by atoms with Crippen LogP contribution in [0, 0.1) is 6.92 Å². The SMILES string of the molecule is Cc1ccnc(NC2CCN(c3cccnn3)CC2)c1. The largest absolute Gasteiger partial charge is 0.367 e. The second-order valence-corrected chi connectivity index (χ2v) is 5.21. The molecule has 0 saturated carbocycles. The zero-order valence-electron chi connectivity index (χ0n) is 11.7. The predicted octanol–water partition coefficient (Wildman–Crippen LogP) is 2.26. The number of nitrogens with one attached hydrogen (secondary N) is 1. The maximum atomic E-state index is 4.36. The van der Waals surface area contributed by atoms with Crippen molar-refractivity contribution >= 4 is 11.6 Å². The standard InChI is InChI=1S/C15H19N5/c1-12-4-8-16-14(11-12)18-13-5-9-20(10-6-13)15-3-2-7-17-19-15/h2-4,7-8,11,13H,5-6,9-10H2,1H3,(H,16,18). The molecule has 0 aliphatic carbocycles. The molecular formula is C15H19N5. The Hall–Kier alpha value is -2.17. The van der Waals surface area contributed by atoms with E-state index in [2.05, 4.69) is 38.4 Å². The van der Waals surface area contributed by atoms with Crippen LogP contribution in [0.5, 0.6) is 0 Å². The van der Waals surface area contributed by atoms with Crippen LogP contribution in [0.1, 0.15) is 18.4 Å². The molecule has 3 rings (SSSR count). The summed E-state index contributed by atoms with van der Waals surface area (Å²) in [6.07, 6.45) is 5.74. The Balaban J connectivity index is 1.56. The number of aromatic nitrogens is 3. The van der Waals surface area contributed by atoms with Crippen molar-refractivity contribution < 1.29 is 0 Å². The van der Waals surface area contributed by atoms with E-state index in [-0.39, 0.29) is 0 Å². The molecule has 0 aromatic carbocycles. The minimum atomic E-state index is 0.484. The lowest BCUT2D eigenvalue weighted by Gasteiger charge is -2.33. The number of hydrogen-bond donors (Lipinski definition) is 1. The molecule has 3 heterocycles. The highest BCUT2D eigenvalue weighted by atomic mass is 15.3. The van der Waals surface area contributed by atoms with Gasteiger partial charge in [0.2, 0.25) is 0 Å². The van der Waals surface area contributed by atoms with E-state index in [0.29, 0.717) is 6.04 Å². The van der Waals surface area contributed by atoms with Crippen molar-refractivity contribution in [3.63, 3.8) is 0 Å². The van der Waals surface area contributed by atoms with E-state index in [0.717, 1.165) is 37.6 Å². The highest BCUT2D eigenvalue weighted by Crippen LogP contribution is 2.19. The molecule has 1 saturated heterocycles. The van der Waals surface area contributed by atoms with Crippen molar-refractivity contribution in [2.45, 2.75) is 25.8 Å². The summed E-state index contributed by atoms with van der Waals surface area (Å²) in [6.45, 7) is 4.09. The molecule has 1 N–H and O–H groups in total. The number of piperidine rings is 1. The van der Waals surface area contributed by atoms with Gasteiger partial charge in [0.25, 0.3) is 0 Å². The topological polar surface area (TPSA) is 53.9 Å². The van der Waals surface area contributed by atoms with Crippen LogP contribution in [-0.2, 0) is 0 Å². The van der Waals surface area contributed by atoms with E-state index in [4.69, 9.17) is 0 Å². The molecule has 1 aliphatic heterocycles. The van der Waals surface area contributed by atoms with Gasteiger partial charge in [0.05, 0.1) is 0 Å². The van der Waals surface area contributed by atoms with Gasteiger partial charge in [-0.2, -0.15) is 5.10 Å². The van der Waals surface area contributed by atoms with Gasteiger partial charge in [-0.1, -0.05) is 0 Å². The van der Waals surface area contributed by atoms with Gasteiger partial charge in [0, 0.05) is 31.5 Å². The lowest BCUT2D eigenvalue weighted by Crippen LogP contribution is -2.39. The van der Waals surface area contributed by atoms with Crippen LogP contribution in [0.4, 0.5) is 11.6 Å². The summed E-state index contributed by atoms with van der Waals surface area (Å²) >= 11 is 0. The summed E-state index contributed by atoms with van der Waals surface area (Å²) in [5.41, 5.74) is 1.24. The molecule has 0 atom stereocenters. The Morgan fingerprint density at radius 1 is 1.20 bits per heavy atom. The van der Waals surface area contributed by atoms with Crippen LogP contribution < -0.4 is 10.2 Å². The van der Waals surface area contributed by atoms with Gasteiger partial charge in [0.15, 0.2) is 5.82 Å². The first-order valence-corrected chi connectivity index (χ1v) is 7.03. The summed E-state index contributed by atoms with van der Waals surface area (Å²) in [4.78, 5) is 6.65. The second kappa shape index (κ2) is 5.86. The van der Waals surface area contributed by atoms with Crippen LogP contribution in [0.3, 0.4) is 0 Å². The van der Waals surface area contributed by atoms with Crippen LogP contribution in [-0.4, -0.2) is 34.3 Å². The molecule has 2 aromatic rings. The molecule has 2 aromatic heterocycles. The van der Waals surface area contributed by atoms with Crippen molar-refractivity contribution in [1.29, 1.82) is 0 Å². The van der Waals surface area contributed by atoms with Gasteiger partial charge in [-0.25, -0.2) is 4.98 Å². The molecule has 5 nitrogen and oxygen atoms in total. The van der Waals surface area contributed by atoms with E-state index in [1.165, 1.54) is 5.56 Å². The molecule has 104 valence electrons. The average molecular weight is 269 g/mol. The van der Waals surface area contributed by atoms with E-state index < -0.39 is 0 Å². The van der Waals surface area contributed by atoms with Crippen molar-refractivity contribution in [1.82, 2.24) is 15.2 Å². The lowest BCUT2D eigenvalue weighted by atomic mass is 10.0. The van der Waals surface area contributed by atoms with Crippen LogP contribution in [0.25, 0.3) is 0 Å². The molecular weight excluding hydrogens is 250 g/mol. The fourth-order valence-electron chi connectivity index (χ4n) is 2.54. The Bertz CT molecular complexity index is 549. The zero-order chi connectivity index (χ0) is 13.8. The van der Waals surface area contributed by atoms with E-state index in [9.17, 15) is 0 Å². The summed E-state index contributed by atoms with van der Waals surface area (Å²) in [7, 11) is 0. The van der Waals surface area contributed by atoms with Crippen LogP contribution in [0.2, 0.25) is 0 Å². The highest BCUT2D eigenvalue weighted by molar-refractivity contribution is 5.40. The second-order valence-electron chi connectivity index (χ2n) is 5.21. The lowest BCUT2D eigenvalue weighted by molar-refractivity contribution is 0.521. The maximum absolute atomic E-state index is 4.36. The summed E-state index contributed by atoms with van der Waals surface area (Å²) in [6, 6.07) is 8.54. The van der Waals surface area contributed by atoms with E-state index in [1.807, 2.05) is 24.4 Å². The Morgan fingerprint density at radius 3 is 2.75 bits per heavy atom. The smallest absolute Gasteiger partial charge is 0.151 e. The number of aryl methyl sites for hydroxylation is 1. The van der Waals surface area contributed by atoms with Gasteiger partial charge < -0.3 is 10.2 Å². The monoisotopic (exact) mass is 269 g/mol. The zero-order valence-corrected chi connectivity index (χ0v) is 11.7. The molecule has 1 fully saturated rings. The minimum Gasteiger partial charge on any atom is -0.367 e. The number of hydrogen-bond acceptors (Lipinski definition) is 5. The third kappa shape index (κ3) is 3.04. The quantitative estimate of drug-likeness (QED) is 0.926. The molecule has 0 radical (unpaired) electrons. The van der Waals surface area contributed by atoms with E-state index >= 15 is 0 Å². The van der Waals surface area contributed by atoms with Gasteiger partial charge in [-0.3, -0.25) is 0 Å². The molecule has 0 spiro atoms. The van der Waals surface area contributed by atoms with Gasteiger partial charge in [-0.15, -0.1) is 5.10 Å². The Kier molecular flexibility index (Phi) is 3.76. The summed E-state index contributed by atoms with van der Waals surface area (Å²) < 4.78 is 0. The van der Waals surface area contributed by atoms with Crippen LogP contribution >= 0.6 is 0 Å². The molecule has 20 heavy (non-hydrogen) atoms. The van der Waals surface area contributed by atoms with E-state index in [1.54, 1.807) is 6.20 Å². The fraction of sp³-hybridized carbons (Fsp3) is 0.400. The number of nitrogens with zero attached hydrogens (tertiary/aromatic N) is 4. The van der Waals surface area contributed by atoms with Crippen molar-refractivity contribution in [3.8, 4) is 0 Å². The number of pyridine rings is 1. The molecule has 0 unspecified atom stereocenters.